The van der Waals surface area contributed by atoms with Gasteiger partial charge in [-0.15, -0.1) is 0 Å². The van der Waals surface area contributed by atoms with Gasteiger partial charge in [0.1, 0.15) is 11.3 Å². The molecule has 0 saturated carbocycles. The largest absolute Gasteiger partial charge is 0.453 e. The van der Waals surface area contributed by atoms with Crippen molar-refractivity contribution in [3.05, 3.63) is 30.5 Å². The number of ether oxygens (including phenoxy) is 1. The summed E-state index contributed by atoms with van der Waals surface area (Å²) in [4.78, 5) is 0. The average Bonchev–Trinajstić information content (AvgIpc) is 2.47. The Labute approximate surface area is 95.3 Å². The van der Waals surface area contributed by atoms with E-state index in [-0.39, 0.29) is 0 Å². The molecule has 1 radical (unpaired) electrons. The molecule has 1 aromatic carbocycles. The maximum absolute atomic E-state index is 5.46. The summed E-state index contributed by atoms with van der Waals surface area (Å²) in [7, 11) is 0. The Kier molecular flexibility index (Phi) is 2.52. The molecule has 14 heavy (non-hydrogen) atoms. The van der Waals surface area contributed by atoms with Crippen LogP contribution < -0.4 is 4.74 Å². The highest BCUT2D eigenvalue weighted by atomic mass is 35.6. The van der Waals surface area contributed by atoms with Crippen LogP contribution in [0.15, 0.2) is 28.7 Å². The zero-order valence-electron chi connectivity index (χ0n) is 6.76. The van der Waals surface area contributed by atoms with E-state index in [1.807, 2.05) is 0 Å². The fourth-order valence-electron chi connectivity index (χ4n) is 1.08. The molecule has 2 rings (SSSR count). The Morgan fingerprint density at radius 2 is 2.07 bits per heavy atom. The molecule has 0 amide bonds. The number of alkyl halides is 3. The molecule has 1 aromatic heterocycles. The molecule has 0 fully saturated rings. The molecule has 0 bridgehead atoms. The molecule has 0 aliphatic heterocycles. The summed E-state index contributed by atoms with van der Waals surface area (Å²) in [6.07, 6.45) is 2.60. The molecule has 1 heterocycles. The summed E-state index contributed by atoms with van der Waals surface area (Å²) in [5.41, 5.74) is 0.636. The monoisotopic (exact) mass is 249 g/mol. The van der Waals surface area contributed by atoms with Crippen LogP contribution in [0.25, 0.3) is 11.0 Å². The van der Waals surface area contributed by atoms with E-state index < -0.39 is 3.98 Å². The summed E-state index contributed by atoms with van der Waals surface area (Å²) in [6.45, 7) is 0. The lowest BCUT2D eigenvalue weighted by atomic mass is 10.2. The molecule has 5 heteroatoms. The van der Waals surface area contributed by atoms with Gasteiger partial charge in [-0.2, -0.15) is 0 Å². The fourth-order valence-corrected chi connectivity index (χ4v) is 1.34. The summed E-state index contributed by atoms with van der Waals surface area (Å²) in [5, 5.41) is 0.918. The van der Waals surface area contributed by atoms with E-state index in [1.54, 1.807) is 24.3 Å². The number of fused-ring (bicyclic) bond motifs is 1. The highest BCUT2D eigenvalue weighted by Crippen LogP contribution is 2.31. The molecule has 0 saturated heterocycles. The van der Waals surface area contributed by atoms with Crippen LogP contribution in [-0.4, -0.2) is 3.98 Å². The molecule has 0 N–H and O–H groups in total. The summed E-state index contributed by atoms with van der Waals surface area (Å²) >= 11 is 16.4. The molecule has 73 valence electrons. The highest BCUT2D eigenvalue weighted by molar-refractivity contribution is 6.66. The molecular weight excluding hydrogens is 246 g/mol. The van der Waals surface area contributed by atoms with E-state index in [4.69, 9.17) is 44.0 Å². The molecule has 2 nitrogen and oxygen atoms in total. The normalized spacial score (nSPS) is 11.9. The van der Waals surface area contributed by atoms with Gasteiger partial charge in [0.2, 0.25) is 0 Å². The summed E-state index contributed by atoms with van der Waals surface area (Å²) < 4.78 is 8.28. The van der Waals surface area contributed by atoms with E-state index in [2.05, 4.69) is 6.26 Å². The van der Waals surface area contributed by atoms with Crippen LogP contribution in [-0.2, 0) is 0 Å². The Morgan fingerprint density at radius 3 is 2.79 bits per heavy atom. The lowest BCUT2D eigenvalue weighted by Gasteiger charge is -2.12. The van der Waals surface area contributed by atoms with E-state index in [9.17, 15) is 0 Å². The number of furan rings is 1. The first-order valence-corrected chi connectivity index (χ1v) is 4.83. The van der Waals surface area contributed by atoms with E-state index >= 15 is 0 Å². The Balaban J connectivity index is 2.35. The standard InChI is InChI=1S/C9H4Cl3O2/c10-9(11,12)14-7-2-1-6-3-4-13-8(6)5-7/h1-3,5H. The van der Waals surface area contributed by atoms with Crippen LogP contribution >= 0.6 is 34.8 Å². The van der Waals surface area contributed by atoms with E-state index in [0.717, 1.165) is 5.39 Å². The van der Waals surface area contributed by atoms with Crippen molar-refractivity contribution in [2.45, 2.75) is 3.98 Å². The van der Waals surface area contributed by atoms with Gasteiger partial charge in [0.25, 0.3) is 0 Å². The molecule has 0 atom stereocenters. The van der Waals surface area contributed by atoms with Gasteiger partial charge in [-0.05, 0) is 53.0 Å². The fraction of sp³-hybridized carbons (Fsp3) is 0.111. The Morgan fingerprint density at radius 1 is 1.29 bits per heavy atom. The predicted octanol–water partition coefficient (Wildman–Crippen LogP) is 3.94. The summed E-state index contributed by atoms with van der Waals surface area (Å²) in [5.74, 6) is 0.431. The lowest BCUT2D eigenvalue weighted by Crippen LogP contribution is -2.12. The SMILES string of the molecule is ClC(Cl)(Cl)Oc1ccc2c[c]oc2c1. The second-order valence-electron chi connectivity index (χ2n) is 2.61. The lowest BCUT2D eigenvalue weighted by molar-refractivity contribution is 0.320. The second-order valence-corrected chi connectivity index (χ2v) is 4.79. The van der Waals surface area contributed by atoms with Gasteiger partial charge in [-0.25, -0.2) is 0 Å². The van der Waals surface area contributed by atoms with Gasteiger partial charge < -0.3 is 9.15 Å². The third kappa shape index (κ3) is 2.27. The van der Waals surface area contributed by atoms with Gasteiger partial charge >= 0.3 is 3.98 Å². The molecule has 2 aromatic rings. The van der Waals surface area contributed by atoms with Crippen molar-refractivity contribution in [2.24, 2.45) is 0 Å². The first-order valence-electron chi connectivity index (χ1n) is 3.70. The number of hydrogen-bond acceptors (Lipinski definition) is 2. The zero-order valence-corrected chi connectivity index (χ0v) is 9.03. The van der Waals surface area contributed by atoms with Crippen molar-refractivity contribution >= 4 is 45.8 Å². The van der Waals surface area contributed by atoms with Crippen molar-refractivity contribution in [3.8, 4) is 5.75 Å². The molecule has 0 unspecified atom stereocenters. The topological polar surface area (TPSA) is 22.4 Å². The van der Waals surface area contributed by atoms with Gasteiger partial charge in [0, 0.05) is 11.5 Å². The van der Waals surface area contributed by atoms with Crippen molar-refractivity contribution in [3.63, 3.8) is 0 Å². The third-order valence-corrected chi connectivity index (χ3v) is 1.83. The summed E-state index contributed by atoms with van der Waals surface area (Å²) in [6, 6.07) is 6.83. The van der Waals surface area contributed by atoms with Crippen molar-refractivity contribution < 1.29 is 9.15 Å². The quantitative estimate of drug-likeness (QED) is 0.715. The molecule has 0 aliphatic carbocycles. The first-order chi connectivity index (χ1) is 6.54. The number of rotatable bonds is 1. The smallest absolute Gasteiger partial charge is 0.338 e. The van der Waals surface area contributed by atoms with Gasteiger partial charge in [-0.3, -0.25) is 0 Å². The van der Waals surface area contributed by atoms with Crippen LogP contribution in [0.4, 0.5) is 0 Å². The Bertz CT molecular complexity index is 444. The van der Waals surface area contributed by atoms with Crippen LogP contribution in [0, 0.1) is 6.26 Å². The third-order valence-electron chi connectivity index (χ3n) is 1.60. The minimum atomic E-state index is -1.76. The van der Waals surface area contributed by atoms with Crippen LogP contribution in [0.1, 0.15) is 0 Å². The number of hydrogen-bond donors (Lipinski definition) is 0. The molecular formula is C9H4Cl3O2. The van der Waals surface area contributed by atoms with Crippen LogP contribution in [0.5, 0.6) is 5.75 Å². The van der Waals surface area contributed by atoms with E-state index in [1.165, 1.54) is 0 Å². The molecule has 0 aliphatic rings. The maximum Gasteiger partial charge on any atom is 0.338 e. The average molecular weight is 250 g/mol. The number of halogens is 3. The van der Waals surface area contributed by atoms with Crippen molar-refractivity contribution in [1.29, 1.82) is 0 Å². The Hall–Kier alpha value is -0.570. The van der Waals surface area contributed by atoms with Crippen LogP contribution in [0.3, 0.4) is 0 Å². The maximum atomic E-state index is 5.46. The first kappa shape index (κ1) is 9.97. The zero-order chi connectivity index (χ0) is 10.2. The van der Waals surface area contributed by atoms with E-state index in [0.29, 0.717) is 11.3 Å². The minimum absolute atomic E-state index is 0.431. The second kappa shape index (κ2) is 3.54. The highest BCUT2D eigenvalue weighted by Gasteiger charge is 2.21. The van der Waals surface area contributed by atoms with Crippen LogP contribution in [0.2, 0.25) is 0 Å². The molecule has 0 spiro atoms. The van der Waals surface area contributed by atoms with Crippen molar-refractivity contribution in [2.75, 3.05) is 0 Å². The minimum Gasteiger partial charge on any atom is -0.453 e. The van der Waals surface area contributed by atoms with Crippen molar-refractivity contribution in [1.82, 2.24) is 0 Å². The van der Waals surface area contributed by atoms with Gasteiger partial charge in [0.05, 0.1) is 0 Å². The van der Waals surface area contributed by atoms with Gasteiger partial charge in [-0.1, -0.05) is 0 Å². The predicted molar refractivity (Wildman–Crippen MR) is 56.0 cm³/mol. The van der Waals surface area contributed by atoms with Gasteiger partial charge in [0.15, 0.2) is 6.26 Å². The number of benzene rings is 1.